The Morgan fingerprint density at radius 3 is 2.30 bits per heavy atom. The number of carbonyl (C=O) groups is 2. The average Bonchev–Trinajstić information content (AvgIpc) is 2.80. The Bertz CT molecular complexity index is 1190. The number of nitrogens with zero attached hydrogens (tertiary/aromatic N) is 2. The highest BCUT2D eigenvalue weighted by Crippen LogP contribution is 2.47. The number of esters is 1. The molecule has 1 N–H and O–H groups in total. The molecule has 3 aromatic rings. The highest BCUT2D eigenvalue weighted by atomic mass is 35.5. The molecule has 4 rings (SSSR count). The predicted molar refractivity (Wildman–Crippen MR) is 126 cm³/mol. The van der Waals surface area contributed by atoms with Crippen molar-refractivity contribution in [3.05, 3.63) is 81.9 Å². The van der Waals surface area contributed by atoms with Crippen LogP contribution in [0.5, 0.6) is 0 Å². The van der Waals surface area contributed by atoms with E-state index in [-0.39, 0.29) is 22.8 Å². The number of nitro groups is 1. The van der Waals surface area contributed by atoms with Gasteiger partial charge in [0.05, 0.1) is 22.7 Å². The van der Waals surface area contributed by atoms with E-state index < -0.39 is 23.4 Å². The van der Waals surface area contributed by atoms with Crippen LogP contribution in [0.25, 0.3) is 0 Å². The van der Waals surface area contributed by atoms with Gasteiger partial charge in [-0.1, -0.05) is 47.6 Å². The molecular formula is C23H18ClN3O5S. The fraction of sp³-hybridized carbons (Fsp3) is 0.130. The Morgan fingerprint density at radius 2 is 1.67 bits per heavy atom. The molecule has 168 valence electrons. The van der Waals surface area contributed by atoms with Crippen LogP contribution in [0.2, 0.25) is 5.02 Å². The summed E-state index contributed by atoms with van der Waals surface area (Å²) in [7, 11) is 0. The fourth-order valence-electron chi connectivity index (χ4n) is 3.40. The van der Waals surface area contributed by atoms with Crippen LogP contribution in [0.15, 0.2) is 76.5 Å². The molecule has 3 aromatic carbocycles. The van der Waals surface area contributed by atoms with Crippen LogP contribution < -0.4 is 10.2 Å². The van der Waals surface area contributed by atoms with Crippen LogP contribution in [0, 0.1) is 10.1 Å². The molecular weight excluding hydrogens is 466 g/mol. The van der Waals surface area contributed by atoms with Crippen molar-refractivity contribution in [2.24, 2.45) is 0 Å². The van der Waals surface area contributed by atoms with Gasteiger partial charge in [-0.3, -0.25) is 19.7 Å². The van der Waals surface area contributed by atoms with Gasteiger partial charge < -0.3 is 15.0 Å². The zero-order chi connectivity index (χ0) is 23.4. The summed E-state index contributed by atoms with van der Waals surface area (Å²) in [5.41, 5.74) is 1.63. The molecule has 8 nitrogen and oxygen atoms in total. The number of para-hydroxylation sites is 2. The van der Waals surface area contributed by atoms with E-state index in [9.17, 15) is 19.7 Å². The molecule has 0 spiro atoms. The van der Waals surface area contributed by atoms with E-state index >= 15 is 0 Å². The predicted octanol–water partition coefficient (Wildman–Crippen LogP) is 5.42. The van der Waals surface area contributed by atoms with E-state index in [1.807, 2.05) is 48.5 Å². The average molecular weight is 484 g/mol. The SMILES string of the molecule is O=C(COC(=O)CCN1c2ccccc2Sc2ccccc21)Nc1cc(Cl)ccc1[N+](=O)[O-]. The van der Waals surface area contributed by atoms with E-state index in [1.165, 1.54) is 18.2 Å². The number of carbonyl (C=O) groups excluding carboxylic acids is 2. The van der Waals surface area contributed by atoms with E-state index in [0.29, 0.717) is 6.54 Å². The van der Waals surface area contributed by atoms with Crippen molar-refractivity contribution in [3.8, 4) is 0 Å². The molecule has 33 heavy (non-hydrogen) atoms. The number of amides is 1. The number of rotatable bonds is 7. The van der Waals surface area contributed by atoms with Gasteiger partial charge in [-0.25, -0.2) is 0 Å². The number of benzene rings is 3. The van der Waals surface area contributed by atoms with E-state index in [2.05, 4.69) is 10.2 Å². The van der Waals surface area contributed by atoms with Gasteiger partial charge in [0.15, 0.2) is 6.61 Å². The first-order valence-corrected chi connectivity index (χ1v) is 11.1. The van der Waals surface area contributed by atoms with Gasteiger partial charge >= 0.3 is 5.97 Å². The minimum atomic E-state index is -0.696. The molecule has 1 heterocycles. The van der Waals surface area contributed by atoms with Crippen molar-refractivity contribution in [3.63, 3.8) is 0 Å². The Balaban J connectivity index is 1.36. The molecule has 0 fully saturated rings. The van der Waals surface area contributed by atoms with Gasteiger partial charge in [0.2, 0.25) is 0 Å². The highest BCUT2D eigenvalue weighted by molar-refractivity contribution is 7.99. The van der Waals surface area contributed by atoms with E-state index in [1.54, 1.807) is 11.8 Å². The molecule has 0 aliphatic carbocycles. The highest BCUT2D eigenvalue weighted by Gasteiger charge is 2.23. The zero-order valence-corrected chi connectivity index (χ0v) is 18.8. The Labute approximate surface area is 198 Å². The van der Waals surface area contributed by atoms with Crippen molar-refractivity contribution in [1.29, 1.82) is 0 Å². The van der Waals surface area contributed by atoms with Crippen LogP contribution >= 0.6 is 23.4 Å². The normalized spacial score (nSPS) is 11.8. The third kappa shape index (κ3) is 5.27. The summed E-state index contributed by atoms with van der Waals surface area (Å²) in [6.45, 7) is -0.194. The van der Waals surface area contributed by atoms with Crippen LogP contribution in [0.4, 0.5) is 22.7 Å². The molecule has 0 unspecified atom stereocenters. The van der Waals surface area contributed by atoms with Crippen molar-refractivity contribution in [2.75, 3.05) is 23.4 Å². The van der Waals surface area contributed by atoms with Crippen molar-refractivity contribution in [1.82, 2.24) is 0 Å². The van der Waals surface area contributed by atoms with Crippen LogP contribution in [-0.2, 0) is 14.3 Å². The number of hydrogen-bond acceptors (Lipinski definition) is 7. The number of fused-ring (bicyclic) bond motifs is 2. The Morgan fingerprint density at radius 1 is 1.03 bits per heavy atom. The fourth-order valence-corrected chi connectivity index (χ4v) is 4.67. The van der Waals surface area contributed by atoms with Crippen LogP contribution in [0.3, 0.4) is 0 Å². The van der Waals surface area contributed by atoms with E-state index in [4.69, 9.17) is 16.3 Å². The molecule has 1 aliphatic rings. The first kappa shape index (κ1) is 22.6. The summed E-state index contributed by atoms with van der Waals surface area (Å²) in [6, 6.07) is 19.7. The third-order valence-corrected chi connectivity index (χ3v) is 6.23. The minimum absolute atomic E-state index is 0.0535. The Hall–Kier alpha value is -3.56. The van der Waals surface area contributed by atoms with Gasteiger partial charge in [0.25, 0.3) is 11.6 Å². The molecule has 0 saturated heterocycles. The summed E-state index contributed by atoms with van der Waals surface area (Å²) >= 11 is 7.53. The van der Waals surface area contributed by atoms with Crippen LogP contribution in [-0.4, -0.2) is 30.0 Å². The summed E-state index contributed by atoms with van der Waals surface area (Å²) in [5, 5.41) is 13.7. The first-order valence-electron chi connectivity index (χ1n) is 9.95. The molecule has 0 aromatic heterocycles. The number of halogens is 1. The van der Waals surface area contributed by atoms with Crippen LogP contribution in [0.1, 0.15) is 6.42 Å². The summed E-state index contributed by atoms with van der Waals surface area (Å²) in [5.74, 6) is -1.25. The standard InChI is InChI=1S/C23H18ClN3O5S/c24-15-9-10-17(27(30)31)16(13-15)25-22(28)14-32-23(29)11-12-26-18-5-1-3-7-20(18)33-21-8-4-2-6-19(21)26/h1-10,13H,11-12,14H2,(H,25,28). The Kier molecular flexibility index (Phi) is 6.81. The maximum atomic E-state index is 12.3. The lowest BCUT2D eigenvalue weighted by molar-refractivity contribution is -0.383. The second kappa shape index (κ2) is 9.93. The molecule has 0 bridgehead atoms. The molecule has 1 amide bonds. The molecule has 0 radical (unpaired) electrons. The number of nitro benzene ring substituents is 1. The van der Waals surface area contributed by atoms with Gasteiger partial charge in [0.1, 0.15) is 5.69 Å². The summed E-state index contributed by atoms with van der Waals surface area (Å²) < 4.78 is 5.09. The molecule has 0 saturated carbocycles. The maximum Gasteiger partial charge on any atom is 0.308 e. The van der Waals surface area contributed by atoms with Crippen molar-refractivity contribution in [2.45, 2.75) is 16.2 Å². The largest absolute Gasteiger partial charge is 0.456 e. The quantitative estimate of drug-likeness (QED) is 0.272. The van der Waals surface area contributed by atoms with Gasteiger partial charge in [0, 0.05) is 27.4 Å². The second-order valence-corrected chi connectivity index (χ2v) is 8.59. The third-order valence-electron chi connectivity index (χ3n) is 4.87. The second-order valence-electron chi connectivity index (χ2n) is 7.07. The number of ether oxygens (including phenoxy) is 1. The lowest BCUT2D eigenvalue weighted by Crippen LogP contribution is -2.26. The van der Waals surface area contributed by atoms with Gasteiger partial charge in [-0.15, -0.1) is 0 Å². The van der Waals surface area contributed by atoms with Crippen molar-refractivity contribution >= 4 is 58.0 Å². The monoisotopic (exact) mass is 483 g/mol. The van der Waals surface area contributed by atoms with E-state index in [0.717, 1.165) is 21.2 Å². The number of nitrogens with one attached hydrogen (secondary N) is 1. The van der Waals surface area contributed by atoms with Crippen molar-refractivity contribution < 1.29 is 19.2 Å². The minimum Gasteiger partial charge on any atom is -0.456 e. The number of hydrogen-bond donors (Lipinski definition) is 1. The maximum absolute atomic E-state index is 12.3. The zero-order valence-electron chi connectivity index (χ0n) is 17.2. The first-order chi connectivity index (χ1) is 15.9. The van der Waals surface area contributed by atoms with Gasteiger partial charge in [-0.05, 0) is 36.4 Å². The summed E-state index contributed by atoms with van der Waals surface area (Å²) in [6.07, 6.45) is 0.0535. The molecule has 0 atom stereocenters. The lowest BCUT2D eigenvalue weighted by Gasteiger charge is -2.32. The molecule has 1 aliphatic heterocycles. The summed E-state index contributed by atoms with van der Waals surface area (Å²) in [4.78, 5) is 39.2. The smallest absolute Gasteiger partial charge is 0.308 e. The molecule has 10 heteroatoms. The number of anilines is 3. The topological polar surface area (TPSA) is 102 Å². The van der Waals surface area contributed by atoms with Gasteiger partial charge in [-0.2, -0.15) is 0 Å². The lowest BCUT2D eigenvalue weighted by atomic mass is 10.2.